The van der Waals surface area contributed by atoms with E-state index >= 15 is 0 Å². The van der Waals surface area contributed by atoms with E-state index in [1.807, 2.05) is 23.9 Å². The zero-order valence-electron chi connectivity index (χ0n) is 32.6. The van der Waals surface area contributed by atoms with E-state index in [4.69, 9.17) is 9.47 Å². The molecule has 0 saturated carbocycles. The molecular weight excluding hydrogens is 600 g/mol. The Balaban J connectivity index is 4.20. The minimum atomic E-state index is -0.0943. The fourth-order valence-electron chi connectivity index (χ4n) is 6.17. The normalized spacial score (nSPS) is 12.0. The number of rotatable bonds is 36. The summed E-state index contributed by atoms with van der Waals surface area (Å²) in [6.45, 7) is 9.04. The Morgan fingerprint density at radius 1 is 0.500 bits per heavy atom. The molecule has 0 aliphatic carbocycles. The highest BCUT2D eigenvalue weighted by Crippen LogP contribution is 2.17. The molecule has 0 bridgehead atoms. The molecule has 0 aliphatic rings. The first-order valence-electron chi connectivity index (χ1n) is 20.6. The van der Waals surface area contributed by atoms with Gasteiger partial charge < -0.3 is 19.3 Å². The Morgan fingerprint density at radius 3 is 1.46 bits per heavy atom. The average molecular weight is 681 g/mol. The molecule has 48 heavy (non-hydrogen) atoms. The minimum Gasteiger partial charge on any atom is -0.466 e. The van der Waals surface area contributed by atoms with Crippen molar-refractivity contribution in [3.05, 3.63) is 0 Å². The topological polar surface area (TPSA) is 76.1 Å². The number of likely N-dealkylation sites (N-methyl/N-ethyl adjacent to an activating group) is 1. The third kappa shape index (κ3) is 31.6. The van der Waals surface area contributed by atoms with Crippen molar-refractivity contribution in [1.82, 2.24) is 9.80 Å². The highest BCUT2D eigenvalue weighted by atomic mass is 16.5. The summed E-state index contributed by atoms with van der Waals surface area (Å²) in [4.78, 5) is 41.5. The van der Waals surface area contributed by atoms with Gasteiger partial charge in [0.2, 0.25) is 5.91 Å². The Morgan fingerprint density at radius 2 is 0.938 bits per heavy atom. The lowest BCUT2D eigenvalue weighted by molar-refractivity contribution is -0.150. The summed E-state index contributed by atoms with van der Waals surface area (Å²) in [6, 6.07) is 0. The van der Waals surface area contributed by atoms with Crippen LogP contribution in [0.1, 0.15) is 201 Å². The molecule has 0 radical (unpaired) electrons. The van der Waals surface area contributed by atoms with E-state index in [1.165, 1.54) is 83.5 Å². The maximum absolute atomic E-state index is 12.9. The maximum atomic E-state index is 12.9. The van der Waals surface area contributed by atoms with Gasteiger partial charge in [0.05, 0.1) is 13.2 Å². The number of hydrogen-bond donors (Lipinski definition) is 0. The van der Waals surface area contributed by atoms with Crippen LogP contribution in [0.25, 0.3) is 0 Å². The van der Waals surface area contributed by atoms with E-state index in [1.54, 1.807) is 0 Å². The second kappa shape index (κ2) is 35.2. The molecule has 0 fully saturated rings. The molecular formula is C41H80N2O5. The molecule has 0 saturated heterocycles. The van der Waals surface area contributed by atoms with Crippen molar-refractivity contribution in [2.75, 3.05) is 40.3 Å². The molecule has 0 aromatic heterocycles. The Bertz CT molecular complexity index is 744. The van der Waals surface area contributed by atoms with Crippen molar-refractivity contribution in [1.29, 1.82) is 0 Å². The number of nitrogens with zero attached hydrogens (tertiary/aromatic N) is 2. The smallest absolute Gasteiger partial charge is 0.306 e. The summed E-state index contributed by atoms with van der Waals surface area (Å²) in [5, 5.41) is 0. The van der Waals surface area contributed by atoms with Crippen molar-refractivity contribution in [2.45, 2.75) is 207 Å². The van der Waals surface area contributed by atoms with Crippen LogP contribution in [0, 0.1) is 0 Å². The summed E-state index contributed by atoms with van der Waals surface area (Å²) in [5.74, 6) is -0.0155. The van der Waals surface area contributed by atoms with Gasteiger partial charge in [-0.3, -0.25) is 14.4 Å². The monoisotopic (exact) mass is 681 g/mol. The zero-order chi connectivity index (χ0) is 35.5. The second-order valence-electron chi connectivity index (χ2n) is 14.5. The molecule has 7 nitrogen and oxygen atoms in total. The Labute approximate surface area is 298 Å². The van der Waals surface area contributed by atoms with Crippen molar-refractivity contribution >= 4 is 17.8 Å². The summed E-state index contributed by atoms with van der Waals surface area (Å²) < 4.78 is 11.4. The van der Waals surface area contributed by atoms with Crippen molar-refractivity contribution in [3.8, 4) is 0 Å². The van der Waals surface area contributed by atoms with Crippen LogP contribution in [0.4, 0.5) is 0 Å². The Kier molecular flexibility index (Phi) is 34.0. The highest BCUT2D eigenvalue weighted by Gasteiger charge is 2.16. The van der Waals surface area contributed by atoms with Crippen molar-refractivity contribution in [2.24, 2.45) is 0 Å². The predicted octanol–water partition coefficient (Wildman–Crippen LogP) is 10.8. The van der Waals surface area contributed by atoms with Gasteiger partial charge in [-0.15, -0.1) is 0 Å². The van der Waals surface area contributed by atoms with Gasteiger partial charge in [0.25, 0.3) is 0 Å². The largest absolute Gasteiger partial charge is 0.466 e. The van der Waals surface area contributed by atoms with Crippen molar-refractivity contribution in [3.63, 3.8) is 0 Å². The van der Waals surface area contributed by atoms with Gasteiger partial charge in [-0.2, -0.15) is 0 Å². The van der Waals surface area contributed by atoms with E-state index in [0.29, 0.717) is 39.1 Å². The van der Waals surface area contributed by atoms with E-state index < -0.39 is 0 Å². The van der Waals surface area contributed by atoms with Crippen LogP contribution in [0.2, 0.25) is 0 Å². The highest BCUT2D eigenvalue weighted by molar-refractivity contribution is 5.78. The van der Waals surface area contributed by atoms with Gasteiger partial charge in [0.1, 0.15) is 6.10 Å². The number of ether oxygens (including phenoxy) is 2. The Hall–Kier alpha value is -1.63. The SMILES string of the molecule is CCCCCCCCCCCOC(=O)CCCCCN(CCCCCC(=O)OC(CCCC)CCCCCCCCC)C(=O)CN(C)C. The lowest BCUT2D eigenvalue weighted by atomic mass is 10.0. The number of unbranched alkanes of at least 4 members (excludes halogenated alkanes) is 19. The summed E-state index contributed by atoms with van der Waals surface area (Å²) >= 11 is 0. The van der Waals surface area contributed by atoms with Crippen LogP contribution in [0.15, 0.2) is 0 Å². The first-order valence-corrected chi connectivity index (χ1v) is 20.6. The predicted molar refractivity (Wildman–Crippen MR) is 202 cm³/mol. The summed E-state index contributed by atoms with van der Waals surface area (Å²) in [5.41, 5.74) is 0. The van der Waals surface area contributed by atoms with Crippen LogP contribution >= 0.6 is 0 Å². The number of esters is 2. The molecule has 284 valence electrons. The molecule has 7 heteroatoms. The zero-order valence-corrected chi connectivity index (χ0v) is 32.6. The van der Waals surface area contributed by atoms with Crippen molar-refractivity contribution < 1.29 is 23.9 Å². The van der Waals surface area contributed by atoms with E-state index in [2.05, 4.69) is 20.8 Å². The van der Waals surface area contributed by atoms with E-state index in [-0.39, 0.29) is 23.9 Å². The first-order chi connectivity index (χ1) is 23.3. The maximum Gasteiger partial charge on any atom is 0.306 e. The third-order valence-corrected chi connectivity index (χ3v) is 9.24. The number of carbonyl (C=O) groups is 3. The fraction of sp³-hybridized carbons (Fsp3) is 0.927. The molecule has 0 aromatic carbocycles. The van der Waals surface area contributed by atoms with Gasteiger partial charge in [-0.05, 0) is 65.5 Å². The molecule has 0 aliphatic heterocycles. The molecule has 0 aromatic rings. The van der Waals surface area contributed by atoms with Crippen LogP contribution in [-0.2, 0) is 23.9 Å². The van der Waals surface area contributed by atoms with Crippen LogP contribution in [0.3, 0.4) is 0 Å². The minimum absolute atomic E-state index is 0.0636. The van der Waals surface area contributed by atoms with Crippen LogP contribution in [-0.4, -0.2) is 74.1 Å². The average Bonchev–Trinajstić information content (AvgIpc) is 3.05. The molecule has 1 unspecified atom stereocenters. The first kappa shape index (κ1) is 46.4. The van der Waals surface area contributed by atoms with E-state index in [0.717, 1.165) is 83.5 Å². The molecule has 1 amide bonds. The summed E-state index contributed by atoms with van der Waals surface area (Å²) in [6.07, 6.45) is 30.6. The lowest BCUT2D eigenvalue weighted by Gasteiger charge is -2.24. The molecule has 0 N–H and O–H groups in total. The number of carbonyl (C=O) groups excluding carboxylic acids is 3. The lowest BCUT2D eigenvalue weighted by Crippen LogP contribution is -2.39. The molecule has 0 heterocycles. The standard InChI is InChI=1S/C41H80N2O5/c1-6-9-12-14-16-17-19-21-29-36-47-40(45)32-25-22-27-34-43(39(44)37-42(4)5)35-28-23-26-33-41(46)48-38(30-11-8-3)31-24-20-18-15-13-10-7-2/h38H,6-37H2,1-5H3. The van der Waals surface area contributed by atoms with Gasteiger partial charge in [0.15, 0.2) is 0 Å². The van der Waals surface area contributed by atoms with Gasteiger partial charge in [-0.25, -0.2) is 0 Å². The number of amides is 1. The quantitative estimate of drug-likeness (QED) is 0.0484. The molecule has 0 rings (SSSR count). The van der Waals surface area contributed by atoms with Gasteiger partial charge in [0, 0.05) is 25.9 Å². The van der Waals surface area contributed by atoms with Crippen LogP contribution < -0.4 is 0 Å². The fourth-order valence-corrected chi connectivity index (χ4v) is 6.17. The number of hydrogen-bond acceptors (Lipinski definition) is 6. The third-order valence-electron chi connectivity index (χ3n) is 9.24. The second-order valence-corrected chi connectivity index (χ2v) is 14.5. The van der Waals surface area contributed by atoms with Crippen LogP contribution in [0.5, 0.6) is 0 Å². The van der Waals surface area contributed by atoms with Gasteiger partial charge >= 0.3 is 11.9 Å². The molecule has 0 spiro atoms. The summed E-state index contributed by atoms with van der Waals surface area (Å²) in [7, 11) is 3.84. The van der Waals surface area contributed by atoms with E-state index in [9.17, 15) is 14.4 Å². The van der Waals surface area contributed by atoms with Gasteiger partial charge in [-0.1, -0.05) is 136 Å². The molecule has 1 atom stereocenters.